The molecule has 2 aliphatic carbocycles. The van der Waals surface area contributed by atoms with Crippen molar-refractivity contribution < 1.29 is 34.2 Å². The molecule has 2 aliphatic rings. The van der Waals surface area contributed by atoms with E-state index in [0.29, 0.717) is 0 Å². The summed E-state index contributed by atoms with van der Waals surface area (Å²) in [6.45, 7) is 2.27. The van der Waals surface area contributed by atoms with E-state index < -0.39 is 21.8 Å². The molecule has 0 saturated heterocycles. The molecular weight excluding hydrogens is 355 g/mol. The van der Waals surface area contributed by atoms with E-state index in [4.69, 9.17) is 0 Å². The maximum absolute atomic E-state index is 2.62. The second kappa shape index (κ2) is 7.92. The first-order chi connectivity index (χ1) is 9.84. The predicted molar refractivity (Wildman–Crippen MR) is 83.8 cm³/mol. The molecule has 3 rings (SSSR count). The third-order valence-corrected chi connectivity index (χ3v) is 10.8. The van der Waals surface area contributed by atoms with E-state index >= 15 is 0 Å². The summed E-state index contributed by atoms with van der Waals surface area (Å²) >= 11 is -1.79. The van der Waals surface area contributed by atoms with E-state index in [0.717, 1.165) is 0 Å². The zero-order valence-corrected chi connectivity index (χ0v) is 15.4. The molecule has 0 nitrogen and oxygen atoms in total. The topological polar surface area (TPSA) is 0 Å². The molecular formula is C19H19ClZr. The number of hydrogen-bond acceptors (Lipinski definition) is 0. The average molecular weight is 374 g/mol. The Morgan fingerprint density at radius 2 is 1.52 bits per heavy atom. The fourth-order valence-electron chi connectivity index (χ4n) is 2.69. The molecule has 0 aromatic heterocycles. The number of allylic oxidation sites excluding steroid dienone is 9. The zero-order valence-electron chi connectivity index (χ0n) is 12.2. The summed E-state index contributed by atoms with van der Waals surface area (Å²) in [4.78, 5) is 0. The van der Waals surface area contributed by atoms with Crippen molar-refractivity contribution in [3.8, 4) is 0 Å². The number of halogens is 1. The van der Waals surface area contributed by atoms with Gasteiger partial charge in [0, 0.05) is 0 Å². The maximum Gasteiger partial charge on any atom is -1.00 e. The smallest absolute Gasteiger partial charge is 1.00 e. The number of hydrogen-bond donors (Lipinski definition) is 0. The Hall–Kier alpha value is -0.907. The van der Waals surface area contributed by atoms with E-state index in [1.54, 1.807) is 6.56 Å². The SMILES string of the molecule is C/C(=[CH]\[Zr+]([C]1=CC=CC1)[C]1=CC=CC1)c1ccccc1.[Cl-]. The van der Waals surface area contributed by atoms with E-state index in [1.807, 2.05) is 0 Å². The Bertz CT molecular complexity index is 603. The molecule has 0 N–H and O–H groups in total. The molecule has 0 heterocycles. The molecule has 21 heavy (non-hydrogen) atoms. The Labute approximate surface area is 141 Å². The van der Waals surface area contributed by atoms with E-state index in [9.17, 15) is 0 Å². The van der Waals surface area contributed by atoms with Gasteiger partial charge in [-0.1, -0.05) is 0 Å². The normalized spacial score (nSPS) is 16.5. The number of rotatable bonds is 4. The molecule has 1 aromatic carbocycles. The van der Waals surface area contributed by atoms with Crippen LogP contribution in [0.5, 0.6) is 0 Å². The van der Waals surface area contributed by atoms with Gasteiger partial charge >= 0.3 is 130 Å². The summed E-state index contributed by atoms with van der Waals surface area (Å²) in [5, 5.41) is 0. The van der Waals surface area contributed by atoms with Crippen LogP contribution in [0.15, 0.2) is 77.1 Å². The monoisotopic (exact) mass is 372 g/mol. The van der Waals surface area contributed by atoms with E-state index in [2.05, 4.69) is 77.5 Å². The van der Waals surface area contributed by atoms with Gasteiger partial charge in [-0.2, -0.15) is 0 Å². The summed E-state index contributed by atoms with van der Waals surface area (Å²) in [6, 6.07) is 10.8. The molecule has 2 heteroatoms. The molecule has 0 radical (unpaired) electrons. The number of benzene rings is 1. The van der Waals surface area contributed by atoms with Gasteiger partial charge in [0.1, 0.15) is 0 Å². The van der Waals surface area contributed by atoms with Gasteiger partial charge in [-0.15, -0.1) is 0 Å². The van der Waals surface area contributed by atoms with Crippen LogP contribution in [0.2, 0.25) is 0 Å². The van der Waals surface area contributed by atoms with Crippen molar-refractivity contribution in [2.24, 2.45) is 0 Å². The van der Waals surface area contributed by atoms with Crippen LogP contribution in [0.4, 0.5) is 0 Å². The summed E-state index contributed by atoms with van der Waals surface area (Å²) in [5.41, 5.74) is 2.81. The molecule has 0 saturated carbocycles. The Morgan fingerprint density at radius 3 is 2.00 bits per heavy atom. The Morgan fingerprint density at radius 1 is 0.952 bits per heavy atom. The summed E-state index contributed by atoms with van der Waals surface area (Å²) in [6.07, 6.45) is 16.1. The van der Waals surface area contributed by atoms with Gasteiger partial charge in [0.2, 0.25) is 0 Å². The van der Waals surface area contributed by atoms with Crippen LogP contribution in [0.1, 0.15) is 25.3 Å². The molecule has 0 bridgehead atoms. The molecule has 106 valence electrons. The van der Waals surface area contributed by atoms with Crippen LogP contribution in [0.3, 0.4) is 0 Å². The molecule has 0 spiro atoms. The first-order valence-corrected chi connectivity index (χ1v) is 11.0. The minimum Gasteiger partial charge on any atom is -1.00 e. The summed E-state index contributed by atoms with van der Waals surface area (Å²) in [7, 11) is 0. The standard InChI is InChI=1S/C9H9.2C5H5.ClH.Zr/c1-8(2)9-6-4-3-5-7-9;2*1-2-4-5-3-1;;/h1,3-7H,2H3;2*1-3H,4H2;1H;/q;;;;+1/p-1. The van der Waals surface area contributed by atoms with Crippen molar-refractivity contribution in [2.75, 3.05) is 0 Å². The van der Waals surface area contributed by atoms with Crippen LogP contribution < -0.4 is 12.4 Å². The van der Waals surface area contributed by atoms with Crippen molar-refractivity contribution in [1.82, 2.24) is 0 Å². The second-order valence-corrected chi connectivity index (χ2v) is 11.2. The third-order valence-electron chi connectivity index (χ3n) is 3.82. The summed E-state index contributed by atoms with van der Waals surface area (Å²) in [5.74, 6) is 0. The summed E-state index contributed by atoms with van der Waals surface area (Å²) < 4.78 is 6.03. The molecule has 0 aliphatic heterocycles. The Balaban J connectivity index is 0.00000161. The van der Waals surface area contributed by atoms with Crippen molar-refractivity contribution in [3.05, 3.63) is 82.7 Å². The maximum atomic E-state index is 2.62. The fraction of sp³-hybridized carbons (Fsp3) is 0.158. The zero-order chi connectivity index (χ0) is 13.8. The molecule has 0 amide bonds. The Kier molecular flexibility index (Phi) is 6.21. The molecule has 0 fully saturated rings. The van der Waals surface area contributed by atoms with Crippen LogP contribution in [-0.2, 0) is 21.8 Å². The quantitative estimate of drug-likeness (QED) is 0.760. The van der Waals surface area contributed by atoms with Crippen LogP contribution in [-0.4, -0.2) is 0 Å². The first kappa shape index (κ1) is 16.5. The van der Waals surface area contributed by atoms with Crippen molar-refractivity contribution >= 4 is 5.57 Å². The second-order valence-electron chi connectivity index (χ2n) is 5.26. The van der Waals surface area contributed by atoms with Crippen LogP contribution >= 0.6 is 0 Å². The van der Waals surface area contributed by atoms with Crippen molar-refractivity contribution in [3.63, 3.8) is 0 Å². The molecule has 1 aromatic rings. The first-order valence-electron chi connectivity index (χ1n) is 7.17. The largest absolute Gasteiger partial charge is 1.00 e. The van der Waals surface area contributed by atoms with Crippen LogP contribution in [0.25, 0.3) is 5.57 Å². The van der Waals surface area contributed by atoms with Crippen molar-refractivity contribution in [2.45, 2.75) is 19.8 Å². The fourth-order valence-corrected chi connectivity index (χ4v) is 9.10. The van der Waals surface area contributed by atoms with Gasteiger partial charge < -0.3 is 12.4 Å². The minimum atomic E-state index is -1.79. The van der Waals surface area contributed by atoms with Crippen molar-refractivity contribution in [1.29, 1.82) is 0 Å². The third kappa shape index (κ3) is 4.05. The van der Waals surface area contributed by atoms with Gasteiger partial charge in [-0.05, 0) is 0 Å². The van der Waals surface area contributed by atoms with Gasteiger partial charge in [0.15, 0.2) is 0 Å². The van der Waals surface area contributed by atoms with Crippen LogP contribution in [0, 0.1) is 0 Å². The molecule has 0 unspecified atom stereocenters. The van der Waals surface area contributed by atoms with Gasteiger partial charge in [0.05, 0.1) is 0 Å². The van der Waals surface area contributed by atoms with Gasteiger partial charge in [0.25, 0.3) is 0 Å². The average Bonchev–Trinajstić information content (AvgIpc) is 3.19. The predicted octanol–water partition coefficient (Wildman–Crippen LogP) is 2.36. The van der Waals surface area contributed by atoms with E-state index in [-0.39, 0.29) is 12.4 Å². The minimum absolute atomic E-state index is 0. The van der Waals surface area contributed by atoms with Gasteiger partial charge in [-0.25, -0.2) is 0 Å². The van der Waals surface area contributed by atoms with E-state index in [1.165, 1.54) is 24.0 Å². The van der Waals surface area contributed by atoms with Gasteiger partial charge in [-0.3, -0.25) is 0 Å². The molecule has 0 atom stereocenters.